The van der Waals surface area contributed by atoms with E-state index in [1.165, 1.54) is 0 Å². The molecule has 0 bridgehead atoms. The highest BCUT2D eigenvalue weighted by atomic mass is 16.6. The molecule has 2 aromatic carbocycles. The van der Waals surface area contributed by atoms with Crippen LogP contribution in [0.15, 0.2) is 48.5 Å². The van der Waals surface area contributed by atoms with Gasteiger partial charge in [-0.3, -0.25) is 0 Å². The van der Waals surface area contributed by atoms with E-state index < -0.39 is 0 Å². The normalized spacial score (nSPS) is 9.11. The molecule has 0 aliphatic carbocycles. The SMILES string of the molecule is Nc1cccc(OBOc2cccc(N)c2)c1.O. The number of rotatable bonds is 4. The predicted molar refractivity (Wildman–Crippen MR) is 73.7 cm³/mol. The maximum atomic E-state index is 5.62. The Morgan fingerprint density at radius 1 is 0.778 bits per heavy atom. The molecule has 0 atom stereocenters. The number of nitrogen functional groups attached to an aromatic ring is 2. The van der Waals surface area contributed by atoms with E-state index in [2.05, 4.69) is 0 Å². The first-order chi connectivity index (χ1) is 8.24. The molecule has 2 aromatic rings. The second kappa shape index (κ2) is 6.41. The molecule has 0 saturated heterocycles. The maximum Gasteiger partial charge on any atom is 0.576 e. The summed E-state index contributed by atoms with van der Waals surface area (Å²) in [6, 6.07) is 14.4. The summed E-state index contributed by atoms with van der Waals surface area (Å²) in [4.78, 5) is 0. The lowest BCUT2D eigenvalue weighted by Gasteiger charge is -2.08. The van der Waals surface area contributed by atoms with Crippen molar-refractivity contribution in [2.45, 2.75) is 0 Å². The fraction of sp³-hybridized carbons (Fsp3) is 0. The molecular weight excluding hydrogens is 231 g/mol. The van der Waals surface area contributed by atoms with Crippen molar-refractivity contribution < 1.29 is 14.8 Å². The van der Waals surface area contributed by atoms with Gasteiger partial charge in [-0.05, 0) is 24.3 Å². The number of hydrogen-bond acceptors (Lipinski definition) is 4. The molecule has 6 N–H and O–H groups in total. The standard InChI is InChI=1S/C12H13BN2O2.H2O/c14-9-3-1-5-11(7-9)16-13-17-12-6-2-4-10(15)8-12;/h1-8,13H,14-15H2;1H2. The van der Waals surface area contributed by atoms with Crippen LogP contribution in [0.5, 0.6) is 11.5 Å². The van der Waals surface area contributed by atoms with Gasteiger partial charge in [-0.2, -0.15) is 0 Å². The van der Waals surface area contributed by atoms with Crippen molar-refractivity contribution in [3.63, 3.8) is 0 Å². The van der Waals surface area contributed by atoms with E-state index in [0.717, 1.165) is 0 Å². The third-order valence-corrected chi connectivity index (χ3v) is 2.17. The third kappa shape index (κ3) is 3.91. The number of hydrogen-bond donors (Lipinski definition) is 2. The van der Waals surface area contributed by atoms with Gasteiger partial charge in [-0.1, -0.05) is 12.1 Å². The molecule has 0 heterocycles. The van der Waals surface area contributed by atoms with E-state index in [1.54, 1.807) is 24.3 Å². The van der Waals surface area contributed by atoms with Crippen LogP contribution in [-0.4, -0.2) is 13.2 Å². The van der Waals surface area contributed by atoms with Crippen molar-refractivity contribution in [1.29, 1.82) is 0 Å². The second-order valence-corrected chi connectivity index (χ2v) is 3.55. The van der Waals surface area contributed by atoms with Gasteiger partial charge in [0.05, 0.1) is 0 Å². The summed E-state index contributed by atoms with van der Waals surface area (Å²) in [6.45, 7) is 0. The lowest BCUT2D eigenvalue weighted by Crippen LogP contribution is -2.11. The molecule has 0 aliphatic rings. The van der Waals surface area contributed by atoms with Crippen LogP contribution in [0.1, 0.15) is 0 Å². The molecule has 0 fully saturated rings. The van der Waals surface area contributed by atoms with Gasteiger partial charge in [0.2, 0.25) is 0 Å². The molecule has 18 heavy (non-hydrogen) atoms. The fourth-order valence-corrected chi connectivity index (χ4v) is 1.37. The molecule has 0 saturated carbocycles. The number of benzene rings is 2. The zero-order valence-corrected chi connectivity index (χ0v) is 9.80. The minimum Gasteiger partial charge on any atom is -0.528 e. The molecule has 0 spiro atoms. The first-order valence-electron chi connectivity index (χ1n) is 5.21. The highest BCUT2D eigenvalue weighted by Gasteiger charge is 2.00. The van der Waals surface area contributed by atoms with Gasteiger partial charge in [-0.25, -0.2) is 0 Å². The van der Waals surface area contributed by atoms with Crippen LogP contribution in [0, 0.1) is 0 Å². The smallest absolute Gasteiger partial charge is 0.528 e. The van der Waals surface area contributed by atoms with Crippen molar-refractivity contribution in [2.75, 3.05) is 11.5 Å². The predicted octanol–water partition coefficient (Wildman–Crippen LogP) is 0.751. The molecule has 5 nitrogen and oxygen atoms in total. The highest BCUT2D eigenvalue weighted by Crippen LogP contribution is 2.16. The number of anilines is 2. The second-order valence-electron chi connectivity index (χ2n) is 3.55. The first kappa shape index (κ1) is 13.7. The molecule has 0 aliphatic heterocycles. The Morgan fingerprint density at radius 3 is 1.61 bits per heavy atom. The van der Waals surface area contributed by atoms with Gasteiger partial charge in [0.15, 0.2) is 0 Å². The largest absolute Gasteiger partial charge is 0.576 e. The van der Waals surface area contributed by atoms with E-state index in [9.17, 15) is 0 Å². The average Bonchev–Trinajstić information content (AvgIpc) is 2.29. The van der Waals surface area contributed by atoms with E-state index >= 15 is 0 Å². The van der Waals surface area contributed by atoms with Crippen molar-refractivity contribution in [2.24, 2.45) is 0 Å². The van der Waals surface area contributed by atoms with Gasteiger partial charge in [0, 0.05) is 23.5 Å². The van der Waals surface area contributed by atoms with E-state index in [4.69, 9.17) is 20.8 Å². The Kier molecular flexibility index (Phi) is 4.89. The molecule has 0 unspecified atom stereocenters. The van der Waals surface area contributed by atoms with Crippen LogP contribution < -0.4 is 20.8 Å². The topological polar surface area (TPSA) is 102 Å². The van der Waals surface area contributed by atoms with Crippen LogP contribution >= 0.6 is 0 Å². The van der Waals surface area contributed by atoms with Gasteiger partial charge in [0.25, 0.3) is 0 Å². The van der Waals surface area contributed by atoms with E-state index in [0.29, 0.717) is 22.9 Å². The molecule has 0 aromatic heterocycles. The van der Waals surface area contributed by atoms with Crippen LogP contribution in [0.3, 0.4) is 0 Å². The third-order valence-electron chi connectivity index (χ3n) is 2.17. The Morgan fingerprint density at radius 2 is 1.22 bits per heavy atom. The van der Waals surface area contributed by atoms with Gasteiger partial charge in [-0.15, -0.1) is 0 Å². The summed E-state index contributed by atoms with van der Waals surface area (Å²) >= 11 is 0. The summed E-state index contributed by atoms with van der Waals surface area (Å²) in [5.41, 5.74) is 12.6. The summed E-state index contributed by atoms with van der Waals surface area (Å²) in [5, 5.41) is 0. The average molecular weight is 246 g/mol. The van der Waals surface area contributed by atoms with Crippen LogP contribution in [0.4, 0.5) is 11.4 Å². The summed E-state index contributed by atoms with van der Waals surface area (Å²) < 4.78 is 10.8. The Balaban J connectivity index is 0.00000162. The fourth-order valence-electron chi connectivity index (χ4n) is 1.37. The lowest BCUT2D eigenvalue weighted by atomic mass is 10.2. The van der Waals surface area contributed by atoms with Crippen molar-refractivity contribution in [3.05, 3.63) is 48.5 Å². The van der Waals surface area contributed by atoms with Crippen molar-refractivity contribution in [1.82, 2.24) is 0 Å². The first-order valence-corrected chi connectivity index (χ1v) is 5.21. The maximum absolute atomic E-state index is 5.62. The summed E-state index contributed by atoms with van der Waals surface area (Å²) in [5.74, 6) is 1.35. The zero-order valence-electron chi connectivity index (χ0n) is 9.80. The molecule has 0 amide bonds. The monoisotopic (exact) mass is 246 g/mol. The van der Waals surface area contributed by atoms with Crippen LogP contribution in [0.2, 0.25) is 0 Å². The Labute approximate surface area is 106 Å². The minimum atomic E-state index is 0. The van der Waals surface area contributed by atoms with Gasteiger partial charge >= 0.3 is 7.69 Å². The quantitative estimate of drug-likeness (QED) is 0.613. The minimum absolute atomic E-state index is 0. The zero-order chi connectivity index (χ0) is 12.1. The molecule has 0 radical (unpaired) electrons. The number of nitrogens with two attached hydrogens (primary N) is 2. The van der Waals surface area contributed by atoms with Gasteiger partial charge < -0.3 is 26.3 Å². The van der Waals surface area contributed by atoms with Crippen molar-refractivity contribution >= 4 is 19.1 Å². The van der Waals surface area contributed by atoms with Crippen molar-refractivity contribution in [3.8, 4) is 11.5 Å². The summed E-state index contributed by atoms with van der Waals surface area (Å²) in [7, 11) is 0.118. The molecule has 6 heteroatoms. The molecular formula is C12H15BN2O3. The highest BCUT2D eigenvalue weighted by molar-refractivity contribution is 6.20. The van der Waals surface area contributed by atoms with E-state index in [1.807, 2.05) is 24.3 Å². The Bertz CT molecular complexity index is 463. The van der Waals surface area contributed by atoms with Crippen LogP contribution in [-0.2, 0) is 0 Å². The van der Waals surface area contributed by atoms with E-state index in [-0.39, 0.29) is 13.2 Å². The molecule has 2 rings (SSSR count). The summed E-state index contributed by atoms with van der Waals surface area (Å²) in [6.07, 6.45) is 0. The Hall–Kier alpha value is -2.34. The van der Waals surface area contributed by atoms with Gasteiger partial charge in [0.1, 0.15) is 11.5 Å². The molecule has 94 valence electrons. The van der Waals surface area contributed by atoms with Crippen LogP contribution in [0.25, 0.3) is 0 Å². The lowest BCUT2D eigenvalue weighted by molar-refractivity contribution is 0.459.